The van der Waals surface area contributed by atoms with Crippen molar-refractivity contribution in [1.29, 1.82) is 0 Å². The Labute approximate surface area is 212 Å². The summed E-state index contributed by atoms with van der Waals surface area (Å²) in [7, 11) is 0. The molecular weight excluding hydrogens is 454 g/mol. The van der Waals surface area contributed by atoms with Crippen molar-refractivity contribution >= 4 is 11.6 Å². The van der Waals surface area contributed by atoms with Gasteiger partial charge in [-0.3, -0.25) is 0 Å². The zero-order valence-electron chi connectivity index (χ0n) is 19.7. The molecule has 35 heavy (non-hydrogen) atoms. The summed E-state index contributed by atoms with van der Waals surface area (Å²) >= 11 is 6.24. The zero-order chi connectivity index (χ0) is 23.9. The average Bonchev–Trinajstić information content (AvgIpc) is 2.93. The minimum absolute atomic E-state index is 0.162. The number of hydrogen-bond acceptors (Lipinski definition) is 3. The second-order valence-electron chi connectivity index (χ2n) is 8.95. The van der Waals surface area contributed by atoms with Crippen LogP contribution in [0.5, 0.6) is 0 Å². The zero-order valence-corrected chi connectivity index (χ0v) is 20.5. The van der Waals surface area contributed by atoms with E-state index in [9.17, 15) is 0 Å². The second kappa shape index (κ2) is 11.2. The SMILES string of the molecule is Clc1ccc([C@@]2(OCc3ccccc3)CCNC[C@@H]2OCc2ccccc2-c2ccccc2)cc1. The molecule has 4 heteroatoms. The van der Waals surface area contributed by atoms with E-state index < -0.39 is 5.60 Å². The first-order valence-corrected chi connectivity index (χ1v) is 12.5. The first-order chi connectivity index (χ1) is 17.2. The Balaban J connectivity index is 1.44. The molecule has 0 saturated carbocycles. The van der Waals surface area contributed by atoms with Crippen molar-refractivity contribution in [3.8, 4) is 11.1 Å². The largest absolute Gasteiger partial charge is 0.369 e. The maximum absolute atomic E-state index is 6.79. The normalized spacial score (nSPS) is 20.0. The fraction of sp³-hybridized carbons (Fsp3) is 0.226. The van der Waals surface area contributed by atoms with E-state index in [-0.39, 0.29) is 6.10 Å². The predicted molar refractivity (Wildman–Crippen MR) is 142 cm³/mol. The van der Waals surface area contributed by atoms with Crippen LogP contribution < -0.4 is 5.32 Å². The highest BCUT2D eigenvalue weighted by Crippen LogP contribution is 2.39. The van der Waals surface area contributed by atoms with Crippen molar-refractivity contribution in [1.82, 2.24) is 5.32 Å². The van der Waals surface area contributed by atoms with E-state index in [1.165, 1.54) is 11.1 Å². The molecule has 0 amide bonds. The Hall–Kier alpha value is -2.95. The van der Waals surface area contributed by atoms with Crippen LogP contribution in [0.2, 0.25) is 5.02 Å². The number of hydrogen-bond donors (Lipinski definition) is 1. The molecule has 1 N–H and O–H groups in total. The van der Waals surface area contributed by atoms with Crippen LogP contribution in [-0.2, 0) is 28.3 Å². The molecule has 1 fully saturated rings. The lowest BCUT2D eigenvalue weighted by molar-refractivity contribution is -0.176. The van der Waals surface area contributed by atoms with E-state index in [0.717, 1.165) is 34.7 Å². The van der Waals surface area contributed by atoms with Gasteiger partial charge in [-0.15, -0.1) is 0 Å². The quantitative estimate of drug-likeness (QED) is 0.292. The number of benzene rings is 4. The molecule has 1 saturated heterocycles. The first kappa shape index (κ1) is 23.8. The number of nitrogens with one attached hydrogen (secondary N) is 1. The van der Waals surface area contributed by atoms with E-state index >= 15 is 0 Å². The van der Waals surface area contributed by atoms with Gasteiger partial charge in [0.05, 0.1) is 13.2 Å². The topological polar surface area (TPSA) is 30.5 Å². The molecule has 178 valence electrons. The highest BCUT2D eigenvalue weighted by atomic mass is 35.5. The lowest BCUT2D eigenvalue weighted by Crippen LogP contribution is -2.54. The summed E-state index contributed by atoms with van der Waals surface area (Å²) in [5, 5.41) is 4.24. The highest BCUT2D eigenvalue weighted by molar-refractivity contribution is 6.30. The number of ether oxygens (including phenoxy) is 2. The van der Waals surface area contributed by atoms with Crippen molar-refractivity contribution in [3.63, 3.8) is 0 Å². The molecule has 1 aliphatic rings. The number of piperidine rings is 1. The molecule has 5 rings (SSSR count). The summed E-state index contributed by atoms with van der Waals surface area (Å²) in [5.74, 6) is 0. The molecule has 0 aliphatic carbocycles. The summed E-state index contributed by atoms with van der Waals surface area (Å²) < 4.78 is 13.5. The van der Waals surface area contributed by atoms with Gasteiger partial charge >= 0.3 is 0 Å². The van der Waals surface area contributed by atoms with Crippen LogP contribution in [-0.4, -0.2) is 19.2 Å². The standard InChI is InChI=1S/C31H30ClNO2/c32-28-17-15-27(16-18-28)31(35-22-24-9-3-1-4-10-24)19-20-33-21-30(31)34-23-26-13-7-8-14-29(26)25-11-5-2-6-12-25/h1-18,30,33H,19-23H2/t30-,31-/m0/s1. The minimum Gasteiger partial charge on any atom is -0.369 e. The Morgan fingerprint density at radius 2 is 1.46 bits per heavy atom. The summed E-state index contributed by atoms with van der Waals surface area (Å²) in [6.45, 7) is 2.59. The Morgan fingerprint density at radius 3 is 2.23 bits per heavy atom. The smallest absolute Gasteiger partial charge is 0.122 e. The van der Waals surface area contributed by atoms with Crippen LogP contribution in [0.4, 0.5) is 0 Å². The molecule has 1 heterocycles. The Bertz CT molecular complexity index is 1210. The molecular formula is C31H30ClNO2. The second-order valence-corrected chi connectivity index (χ2v) is 9.38. The monoisotopic (exact) mass is 483 g/mol. The van der Waals surface area contributed by atoms with Crippen LogP contribution in [0.25, 0.3) is 11.1 Å². The molecule has 0 spiro atoms. The van der Waals surface area contributed by atoms with E-state index in [1.54, 1.807) is 0 Å². The van der Waals surface area contributed by atoms with Gasteiger partial charge in [0.2, 0.25) is 0 Å². The minimum atomic E-state index is -0.576. The van der Waals surface area contributed by atoms with E-state index in [2.05, 4.69) is 78.1 Å². The van der Waals surface area contributed by atoms with Gasteiger partial charge in [-0.1, -0.05) is 109 Å². The van der Waals surface area contributed by atoms with Crippen molar-refractivity contribution in [3.05, 3.63) is 131 Å². The number of rotatable bonds is 8. The summed E-state index contributed by atoms with van der Waals surface area (Å²) in [6, 6.07) is 37.3. The fourth-order valence-corrected chi connectivity index (χ4v) is 4.99. The molecule has 0 radical (unpaired) electrons. The van der Waals surface area contributed by atoms with Gasteiger partial charge in [0.15, 0.2) is 0 Å². The van der Waals surface area contributed by atoms with Crippen molar-refractivity contribution in [2.75, 3.05) is 13.1 Å². The lowest BCUT2D eigenvalue weighted by Gasteiger charge is -2.44. The molecule has 0 bridgehead atoms. The molecule has 0 aromatic heterocycles. The van der Waals surface area contributed by atoms with E-state index in [1.807, 2.05) is 36.4 Å². The van der Waals surface area contributed by atoms with Gasteiger partial charge < -0.3 is 14.8 Å². The third-order valence-electron chi connectivity index (χ3n) is 6.74. The van der Waals surface area contributed by atoms with Gasteiger partial charge in [0, 0.05) is 11.6 Å². The third-order valence-corrected chi connectivity index (χ3v) is 6.99. The van der Waals surface area contributed by atoms with Crippen LogP contribution in [0.1, 0.15) is 23.1 Å². The van der Waals surface area contributed by atoms with Gasteiger partial charge in [0.25, 0.3) is 0 Å². The van der Waals surface area contributed by atoms with Crippen LogP contribution >= 0.6 is 11.6 Å². The van der Waals surface area contributed by atoms with Crippen molar-refractivity contribution < 1.29 is 9.47 Å². The van der Waals surface area contributed by atoms with Crippen molar-refractivity contribution in [2.24, 2.45) is 0 Å². The van der Waals surface area contributed by atoms with Crippen LogP contribution in [0.3, 0.4) is 0 Å². The molecule has 4 aromatic carbocycles. The van der Waals surface area contributed by atoms with Gasteiger partial charge in [-0.05, 0) is 52.9 Å². The third kappa shape index (κ3) is 5.50. The summed E-state index contributed by atoms with van der Waals surface area (Å²) in [5.41, 5.74) is 5.22. The van der Waals surface area contributed by atoms with Crippen LogP contribution in [0, 0.1) is 0 Å². The molecule has 4 aromatic rings. The predicted octanol–water partition coefficient (Wildman–Crippen LogP) is 7.00. The molecule has 2 atom stereocenters. The van der Waals surface area contributed by atoms with Gasteiger partial charge in [-0.25, -0.2) is 0 Å². The first-order valence-electron chi connectivity index (χ1n) is 12.1. The van der Waals surface area contributed by atoms with Crippen molar-refractivity contribution in [2.45, 2.75) is 31.3 Å². The molecule has 3 nitrogen and oxygen atoms in total. The molecule has 0 unspecified atom stereocenters. The van der Waals surface area contributed by atoms with Gasteiger partial charge in [0.1, 0.15) is 11.7 Å². The van der Waals surface area contributed by atoms with Crippen LogP contribution in [0.15, 0.2) is 109 Å². The number of halogens is 1. The maximum atomic E-state index is 6.79. The molecule has 1 aliphatic heterocycles. The van der Waals surface area contributed by atoms with E-state index in [4.69, 9.17) is 21.1 Å². The van der Waals surface area contributed by atoms with Gasteiger partial charge in [-0.2, -0.15) is 0 Å². The Morgan fingerprint density at radius 1 is 0.771 bits per heavy atom. The Kier molecular flexibility index (Phi) is 7.60. The average molecular weight is 484 g/mol. The van der Waals surface area contributed by atoms with E-state index in [0.29, 0.717) is 19.8 Å². The summed E-state index contributed by atoms with van der Waals surface area (Å²) in [4.78, 5) is 0. The highest BCUT2D eigenvalue weighted by Gasteiger charge is 2.44. The fourth-order valence-electron chi connectivity index (χ4n) is 4.86. The summed E-state index contributed by atoms with van der Waals surface area (Å²) in [6.07, 6.45) is 0.650. The maximum Gasteiger partial charge on any atom is 0.122 e. The lowest BCUT2D eigenvalue weighted by atomic mass is 9.82.